The van der Waals surface area contributed by atoms with Gasteiger partial charge in [0.15, 0.2) is 0 Å². The van der Waals surface area contributed by atoms with Crippen LogP contribution < -0.4 is 5.32 Å². The van der Waals surface area contributed by atoms with Crippen LogP contribution in [0.3, 0.4) is 0 Å². The van der Waals surface area contributed by atoms with Gasteiger partial charge in [0, 0.05) is 6.04 Å². The van der Waals surface area contributed by atoms with Crippen LogP contribution >= 0.6 is 11.6 Å². The number of hydrogen-bond donors (Lipinski definition) is 1. The third-order valence-corrected chi connectivity index (χ3v) is 3.31. The number of aromatic nitrogens is 1. The average molecular weight is 236 g/mol. The van der Waals surface area contributed by atoms with Gasteiger partial charge in [-0.1, -0.05) is 24.9 Å². The van der Waals surface area contributed by atoms with Crippen molar-refractivity contribution in [1.82, 2.24) is 4.98 Å². The Labute approximate surface area is 100 Å². The molecule has 0 aliphatic heterocycles. The molecule has 16 heavy (non-hydrogen) atoms. The number of hydrogen-bond acceptors (Lipinski definition) is 3. The second-order valence-corrected chi connectivity index (χ2v) is 4.72. The summed E-state index contributed by atoms with van der Waals surface area (Å²) in [6.45, 7) is 2.24. The summed E-state index contributed by atoms with van der Waals surface area (Å²) in [4.78, 5) is 4.18. The molecule has 1 heterocycles. The minimum absolute atomic E-state index is 0.368. The molecule has 0 amide bonds. The Morgan fingerprint density at radius 2 is 2.31 bits per heavy atom. The van der Waals surface area contributed by atoms with Crippen molar-refractivity contribution in [3.8, 4) is 6.07 Å². The predicted molar refractivity (Wildman–Crippen MR) is 64.4 cm³/mol. The summed E-state index contributed by atoms with van der Waals surface area (Å²) in [5.41, 5.74) is 0.549. The molecule has 0 aromatic carbocycles. The van der Waals surface area contributed by atoms with Gasteiger partial charge in [-0.3, -0.25) is 0 Å². The molecule has 0 spiro atoms. The second-order valence-electron chi connectivity index (χ2n) is 4.33. The lowest BCUT2D eigenvalue weighted by atomic mass is 10.1. The summed E-state index contributed by atoms with van der Waals surface area (Å²) in [6, 6.07) is 5.86. The lowest BCUT2D eigenvalue weighted by Gasteiger charge is -2.18. The van der Waals surface area contributed by atoms with E-state index in [0.29, 0.717) is 28.5 Å². The van der Waals surface area contributed by atoms with Crippen LogP contribution in [-0.2, 0) is 0 Å². The van der Waals surface area contributed by atoms with Gasteiger partial charge in [0.1, 0.15) is 11.0 Å². The van der Waals surface area contributed by atoms with Gasteiger partial charge in [-0.25, -0.2) is 4.98 Å². The van der Waals surface area contributed by atoms with Crippen LogP contribution in [0.5, 0.6) is 0 Å². The van der Waals surface area contributed by atoms with Crippen LogP contribution in [0.1, 0.15) is 31.7 Å². The van der Waals surface area contributed by atoms with E-state index in [4.69, 9.17) is 16.9 Å². The Hall–Kier alpha value is -1.27. The lowest BCUT2D eigenvalue weighted by Crippen LogP contribution is -2.22. The van der Waals surface area contributed by atoms with E-state index < -0.39 is 0 Å². The molecular weight excluding hydrogens is 222 g/mol. The molecule has 1 aliphatic carbocycles. The van der Waals surface area contributed by atoms with Crippen molar-refractivity contribution in [3.63, 3.8) is 0 Å². The van der Waals surface area contributed by atoms with Crippen molar-refractivity contribution in [2.45, 2.75) is 32.2 Å². The summed E-state index contributed by atoms with van der Waals surface area (Å²) in [6.07, 6.45) is 3.67. The fourth-order valence-corrected chi connectivity index (χ4v) is 2.39. The number of rotatable bonds is 2. The summed E-state index contributed by atoms with van der Waals surface area (Å²) < 4.78 is 0. The maximum absolute atomic E-state index is 8.84. The Morgan fingerprint density at radius 3 is 2.94 bits per heavy atom. The highest BCUT2D eigenvalue weighted by Crippen LogP contribution is 2.28. The van der Waals surface area contributed by atoms with E-state index in [1.165, 1.54) is 12.8 Å². The fourth-order valence-electron chi connectivity index (χ4n) is 2.19. The normalized spacial score (nSPS) is 24.1. The highest BCUT2D eigenvalue weighted by molar-refractivity contribution is 6.29. The second kappa shape index (κ2) is 4.71. The first-order chi connectivity index (χ1) is 7.69. The van der Waals surface area contributed by atoms with E-state index in [9.17, 15) is 0 Å². The van der Waals surface area contributed by atoms with Crippen molar-refractivity contribution < 1.29 is 0 Å². The number of halogens is 1. The molecule has 0 saturated heterocycles. The zero-order valence-corrected chi connectivity index (χ0v) is 9.96. The topological polar surface area (TPSA) is 48.7 Å². The zero-order chi connectivity index (χ0) is 11.5. The van der Waals surface area contributed by atoms with Crippen molar-refractivity contribution in [1.29, 1.82) is 5.26 Å². The number of nitrogens with zero attached hydrogens (tertiary/aromatic N) is 2. The third-order valence-electron chi connectivity index (χ3n) is 3.12. The van der Waals surface area contributed by atoms with Gasteiger partial charge in [-0.15, -0.1) is 0 Å². The first kappa shape index (κ1) is 11.2. The summed E-state index contributed by atoms with van der Waals surface area (Å²) in [7, 11) is 0. The predicted octanol–water partition coefficient (Wildman–Crippen LogP) is 3.21. The van der Waals surface area contributed by atoms with Crippen molar-refractivity contribution >= 4 is 17.4 Å². The van der Waals surface area contributed by atoms with Gasteiger partial charge < -0.3 is 5.32 Å². The van der Waals surface area contributed by atoms with Crippen LogP contribution in [0.2, 0.25) is 5.15 Å². The summed E-state index contributed by atoms with van der Waals surface area (Å²) >= 11 is 5.85. The highest BCUT2D eigenvalue weighted by Gasteiger charge is 2.23. The van der Waals surface area contributed by atoms with E-state index in [1.54, 1.807) is 12.1 Å². The van der Waals surface area contributed by atoms with Gasteiger partial charge in [0.25, 0.3) is 0 Å². The molecule has 1 aromatic rings. The van der Waals surface area contributed by atoms with Crippen LogP contribution in [0.15, 0.2) is 12.1 Å². The lowest BCUT2D eigenvalue weighted by molar-refractivity contribution is 0.555. The van der Waals surface area contributed by atoms with E-state index in [0.717, 1.165) is 6.42 Å². The molecule has 1 fully saturated rings. The van der Waals surface area contributed by atoms with Crippen LogP contribution in [0.4, 0.5) is 5.82 Å². The largest absolute Gasteiger partial charge is 0.367 e. The molecular formula is C12H14ClN3. The molecule has 84 valence electrons. The minimum atomic E-state index is 0.368. The maximum atomic E-state index is 8.84. The Morgan fingerprint density at radius 1 is 1.50 bits per heavy atom. The summed E-state index contributed by atoms with van der Waals surface area (Å²) in [5, 5.41) is 12.6. The Kier molecular flexibility index (Phi) is 3.31. The van der Waals surface area contributed by atoms with Gasteiger partial charge >= 0.3 is 0 Å². The molecule has 1 aromatic heterocycles. The molecule has 1 aliphatic rings. The smallest absolute Gasteiger partial charge is 0.132 e. The van der Waals surface area contributed by atoms with Crippen LogP contribution in [0.25, 0.3) is 0 Å². The minimum Gasteiger partial charge on any atom is -0.367 e. The van der Waals surface area contributed by atoms with Crippen molar-refractivity contribution in [2.24, 2.45) is 5.92 Å². The Balaban J connectivity index is 2.15. The number of nitrogens with one attached hydrogen (secondary N) is 1. The standard InChI is InChI=1S/C12H14ClN3/c1-8-3-2-4-10(8)15-12-6-9(7-14)5-11(13)16-12/h5-6,8,10H,2-4H2,1H3,(H,15,16). The highest BCUT2D eigenvalue weighted by atomic mass is 35.5. The van der Waals surface area contributed by atoms with E-state index in [2.05, 4.69) is 23.3 Å². The average Bonchev–Trinajstić information content (AvgIpc) is 2.63. The number of pyridine rings is 1. The molecule has 3 nitrogen and oxygen atoms in total. The van der Waals surface area contributed by atoms with Gasteiger partial charge in [-0.2, -0.15) is 5.26 Å². The SMILES string of the molecule is CC1CCCC1Nc1cc(C#N)cc(Cl)n1. The molecule has 0 radical (unpaired) electrons. The molecule has 2 atom stereocenters. The molecule has 1 saturated carbocycles. The quantitative estimate of drug-likeness (QED) is 0.801. The molecule has 4 heteroatoms. The van der Waals surface area contributed by atoms with Gasteiger partial charge in [0.05, 0.1) is 11.6 Å². The first-order valence-corrected chi connectivity index (χ1v) is 5.91. The molecule has 2 rings (SSSR count). The van der Waals surface area contributed by atoms with E-state index in [1.807, 2.05) is 0 Å². The maximum Gasteiger partial charge on any atom is 0.132 e. The Bertz CT molecular complexity index is 425. The number of nitriles is 1. The van der Waals surface area contributed by atoms with Gasteiger partial charge in [0.2, 0.25) is 0 Å². The summed E-state index contributed by atoms with van der Waals surface area (Å²) in [5.74, 6) is 1.37. The monoisotopic (exact) mass is 235 g/mol. The molecule has 2 unspecified atom stereocenters. The van der Waals surface area contributed by atoms with Crippen LogP contribution in [-0.4, -0.2) is 11.0 Å². The fraction of sp³-hybridized carbons (Fsp3) is 0.500. The first-order valence-electron chi connectivity index (χ1n) is 5.53. The molecule has 0 bridgehead atoms. The number of anilines is 1. The van der Waals surface area contributed by atoms with E-state index in [-0.39, 0.29) is 0 Å². The van der Waals surface area contributed by atoms with Gasteiger partial charge in [-0.05, 0) is 30.9 Å². The zero-order valence-electron chi connectivity index (χ0n) is 9.20. The van der Waals surface area contributed by atoms with Crippen molar-refractivity contribution in [2.75, 3.05) is 5.32 Å². The van der Waals surface area contributed by atoms with E-state index >= 15 is 0 Å². The molecule has 1 N–H and O–H groups in total. The van der Waals surface area contributed by atoms with Crippen LogP contribution in [0, 0.1) is 17.2 Å². The third kappa shape index (κ3) is 2.45. The van der Waals surface area contributed by atoms with Crippen molar-refractivity contribution in [3.05, 3.63) is 22.8 Å².